The van der Waals surface area contributed by atoms with E-state index in [0.29, 0.717) is 17.7 Å². The molecule has 2 heterocycles. The van der Waals surface area contributed by atoms with Crippen LogP contribution in [0.4, 0.5) is 5.95 Å². The summed E-state index contributed by atoms with van der Waals surface area (Å²) in [6.07, 6.45) is 4.67. The molecule has 6 heteroatoms. The number of aromatic nitrogens is 2. The summed E-state index contributed by atoms with van der Waals surface area (Å²) in [7, 11) is 0. The smallest absolute Gasteiger partial charge is 0.226 e. The van der Waals surface area contributed by atoms with Gasteiger partial charge < -0.3 is 15.8 Å². The number of oxime groups is 1. The lowest BCUT2D eigenvalue weighted by Gasteiger charge is -2.35. The maximum atomic E-state index is 8.77. The number of nitrogens with two attached hydrogens (primary N) is 1. The molecule has 1 aromatic heterocycles. The van der Waals surface area contributed by atoms with E-state index in [2.05, 4.69) is 26.9 Å². The predicted octanol–water partition coefficient (Wildman–Crippen LogP) is 1.65. The van der Waals surface area contributed by atoms with Crippen molar-refractivity contribution in [3.8, 4) is 0 Å². The average molecular weight is 263 g/mol. The lowest BCUT2D eigenvalue weighted by molar-refractivity contribution is 0.318. The SMILES string of the molecule is CCC1CCCCN1c1nc(C)cc(/C(N)=N/O)n1. The Hall–Kier alpha value is -1.85. The number of amidine groups is 1. The van der Waals surface area contributed by atoms with E-state index in [4.69, 9.17) is 10.9 Å². The third kappa shape index (κ3) is 2.94. The van der Waals surface area contributed by atoms with E-state index < -0.39 is 0 Å². The van der Waals surface area contributed by atoms with Gasteiger partial charge in [-0.05, 0) is 38.7 Å². The fraction of sp³-hybridized carbons (Fsp3) is 0.615. The summed E-state index contributed by atoms with van der Waals surface area (Å²) >= 11 is 0. The molecule has 0 spiro atoms. The molecule has 0 aliphatic carbocycles. The second kappa shape index (κ2) is 5.86. The van der Waals surface area contributed by atoms with E-state index >= 15 is 0 Å². The third-order valence-corrected chi connectivity index (χ3v) is 3.57. The Bertz CT molecular complexity index is 474. The molecule has 3 N–H and O–H groups in total. The minimum atomic E-state index is 0.0248. The Morgan fingerprint density at radius 2 is 2.32 bits per heavy atom. The van der Waals surface area contributed by atoms with Gasteiger partial charge in [-0.2, -0.15) is 0 Å². The van der Waals surface area contributed by atoms with Crippen LogP contribution in [0.25, 0.3) is 0 Å². The molecule has 1 aliphatic heterocycles. The average Bonchev–Trinajstić information content (AvgIpc) is 2.45. The molecular formula is C13H21N5O. The van der Waals surface area contributed by atoms with E-state index in [1.54, 1.807) is 6.07 Å². The van der Waals surface area contributed by atoms with Crippen LogP contribution in [0.1, 0.15) is 44.0 Å². The van der Waals surface area contributed by atoms with Gasteiger partial charge in [-0.1, -0.05) is 12.1 Å². The van der Waals surface area contributed by atoms with Crippen molar-refractivity contribution in [3.63, 3.8) is 0 Å². The highest BCUT2D eigenvalue weighted by molar-refractivity contribution is 5.95. The first-order valence-corrected chi connectivity index (χ1v) is 6.76. The molecule has 1 aliphatic rings. The Morgan fingerprint density at radius 1 is 1.53 bits per heavy atom. The lowest BCUT2D eigenvalue weighted by atomic mass is 10.0. The number of piperidine rings is 1. The van der Waals surface area contributed by atoms with Crippen LogP contribution in [0.5, 0.6) is 0 Å². The fourth-order valence-corrected chi connectivity index (χ4v) is 2.55. The third-order valence-electron chi connectivity index (χ3n) is 3.57. The largest absolute Gasteiger partial charge is 0.409 e. The van der Waals surface area contributed by atoms with Gasteiger partial charge in [0.1, 0.15) is 5.69 Å². The number of nitrogens with zero attached hydrogens (tertiary/aromatic N) is 4. The van der Waals surface area contributed by atoms with Gasteiger partial charge in [-0.25, -0.2) is 9.97 Å². The zero-order valence-electron chi connectivity index (χ0n) is 11.5. The zero-order chi connectivity index (χ0) is 13.8. The standard InChI is InChI=1S/C13H21N5O/c1-3-10-6-4-5-7-18(10)13-15-9(2)8-11(16-13)12(14)17-19/h8,10,19H,3-7H2,1-2H3,(H2,14,17). The van der Waals surface area contributed by atoms with Crippen molar-refractivity contribution >= 4 is 11.8 Å². The van der Waals surface area contributed by atoms with E-state index in [1.165, 1.54) is 12.8 Å². The summed E-state index contributed by atoms with van der Waals surface area (Å²) in [5.74, 6) is 0.713. The van der Waals surface area contributed by atoms with E-state index in [-0.39, 0.29) is 5.84 Å². The van der Waals surface area contributed by atoms with Crippen LogP contribution in [-0.2, 0) is 0 Å². The van der Waals surface area contributed by atoms with Gasteiger partial charge in [-0.15, -0.1) is 0 Å². The molecular weight excluding hydrogens is 242 g/mol. The second-order valence-corrected chi connectivity index (χ2v) is 4.93. The maximum Gasteiger partial charge on any atom is 0.226 e. The number of rotatable bonds is 3. The molecule has 0 aromatic carbocycles. The first-order chi connectivity index (χ1) is 9.15. The van der Waals surface area contributed by atoms with Crippen LogP contribution in [-0.4, -0.2) is 33.6 Å². The van der Waals surface area contributed by atoms with Crippen LogP contribution in [0.3, 0.4) is 0 Å². The molecule has 19 heavy (non-hydrogen) atoms. The Balaban J connectivity index is 2.35. The summed E-state index contributed by atoms with van der Waals surface area (Å²) in [6.45, 7) is 5.05. The van der Waals surface area contributed by atoms with Gasteiger partial charge in [0.15, 0.2) is 5.84 Å². The highest BCUT2D eigenvalue weighted by Gasteiger charge is 2.23. The van der Waals surface area contributed by atoms with Crippen molar-refractivity contribution in [2.24, 2.45) is 10.9 Å². The van der Waals surface area contributed by atoms with Gasteiger partial charge in [0.05, 0.1) is 0 Å². The van der Waals surface area contributed by atoms with Crippen molar-refractivity contribution in [1.82, 2.24) is 9.97 Å². The molecule has 2 rings (SSSR count). The molecule has 104 valence electrons. The lowest BCUT2D eigenvalue weighted by Crippen LogP contribution is -2.40. The van der Waals surface area contributed by atoms with Gasteiger partial charge in [0, 0.05) is 18.3 Å². The summed E-state index contributed by atoms with van der Waals surface area (Å²) in [5.41, 5.74) is 6.92. The topological polar surface area (TPSA) is 87.6 Å². The Morgan fingerprint density at radius 3 is 3.00 bits per heavy atom. The molecule has 0 amide bonds. The molecule has 1 saturated heterocycles. The zero-order valence-corrected chi connectivity index (χ0v) is 11.5. The first kappa shape index (κ1) is 13.6. The van der Waals surface area contributed by atoms with Crippen LogP contribution >= 0.6 is 0 Å². The normalized spacial score (nSPS) is 20.6. The highest BCUT2D eigenvalue weighted by Crippen LogP contribution is 2.24. The number of hydrogen-bond donors (Lipinski definition) is 2. The monoisotopic (exact) mass is 263 g/mol. The van der Waals surface area contributed by atoms with Crippen LogP contribution in [0, 0.1) is 6.92 Å². The molecule has 0 saturated carbocycles. The minimum absolute atomic E-state index is 0.0248. The highest BCUT2D eigenvalue weighted by atomic mass is 16.4. The molecule has 1 aromatic rings. The summed E-state index contributed by atoms with van der Waals surface area (Å²) in [6, 6.07) is 2.21. The summed E-state index contributed by atoms with van der Waals surface area (Å²) < 4.78 is 0. The van der Waals surface area contributed by atoms with E-state index in [0.717, 1.165) is 25.1 Å². The number of hydrogen-bond acceptors (Lipinski definition) is 5. The van der Waals surface area contributed by atoms with Crippen molar-refractivity contribution < 1.29 is 5.21 Å². The molecule has 1 fully saturated rings. The van der Waals surface area contributed by atoms with E-state index in [9.17, 15) is 0 Å². The fourth-order valence-electron chi connectivity index (χ4n) is 2.55. The van der Waals surface area contributed by atoms with Gasteiger partial charge >= 0.3 is 0 Å². The Labute approximate surface area is 113 Å². The van der Waals surface area contributed by atoms with Crippen molar-refractivity contribution in [2.45, 2.75) is 45.6 Å². The van der Waals surface area contributed by atoms with Crippen LogP contribution in [0.2, 0.25) is 0 Å². The minimum Gasteiger partial charge on any atom is -0.409 e. The molecule has 1 unspecified atom stereocenters. The summed E-state index contributed by atoms with van der Waals surface area (Å²) in [4.78, 5) is 11.2. The van der Waals surface area contributed by atoms with Gasteiger partial charge in [0.2, 0.25) is 5.95 Å². The predicted molar refractivity (Wildman–Crippen MR) is 74.6 cm³/mol. The number of aryl methyl sites for hydroxylation is 1. The maximum absolute atomic E-state index is 8.77. The van der Waals surface area contributed by atoms with Crippen molar-refractivity contribution in [3.05, 3.63) is 17.5 Å². The number of anilines is 1. The summed E-state index contributed by atoms with van der Waals surface area (Å²) in [5, 5.41) is 11.8. The Kier molecular flexibility index (Phi) is 4.19. The van der Waals surface area contributed by atoms with Crippen LogP contribution in [0.15, 0.2) is 11.2 Å². The first-order valence-electron chi connectivity index (χ1n) is 6.76. The quantitative estimate of drug-likeness (QED) is 0.375. The molecule has 0 radical (unpaired) electrons. The molecule has 1 atom stereocenters. The molecule has 0 bridgehead atoms. The van der Waals surface area contributed by atoms with Gasteiger partial charge in [-0.3, -0.25) is 0 Å². The molecule has 6 nitrogen and oxygen atoms in total. The van der Waals surface area contributed by atoms with Crippen LogP contribution < -0.4 is 10.6 Å². The van der Waals surface area contributed by atoms with E-state index in [1.807, 2.05) is 6.92 Å². The van der Waals surface area contributed by atoms with Gasteiger partial charge in [0.25, 0.3) is 0 Å². The second-order valence-electron chi connectivity index (χ2n) is 4.93. The van der Waals surface area contributed by atoms with Crippen molar-refractivity contribution in [2.75, 3.05) is 11.4 Å². The van der Waals surface area contributed by atoms with Crippen molar-refractivity contribution in [1.29, 1.82) is 0 Å².